The van der Waals surface area contributed by atoms with Gasteiger partial charge in [-0.25, -0.2) is 0 Å². The van der Waals surface area contributed by atoms with Gasteiger partial charge in [-0.1, -0.05) is 13.0 Å². The van der Waals surface area contributed by atoms with E-state index in [-0.39, 0.29) is 0 Å². The first kappa shape index (κ1) is 9.82. The van der Waals surface area contributed by atoms with Crippen LogP contribution < -0.4 is 15.1 Å². The molecule has 1 unspecified atom stereocenters. The Bertz CT molecular complexity index is 402. The summed E-state index contributed by atoms with van der Waals surface area (Å²) in [5.74, 6) is 0. The molecule has 3 heteroatoms. The first-order valence-electron chi connectivity index (χ1n) is 6.16. The van der Waals surface area contributed by atoms with Gasteiger partial charge < -0.3 is 15.1 Å². The highest BCUT2D eigenvalue weighted by molar-refractivity contribution is 5.87. The van der Waals surface area contributed by atoms with Crippen molar-refractivity contribution in [2.45, 2.75) is 19.4 Å². The molecule has 0 fully saturated rings. The van der Waals surface area contributed by atoms with Crippen LogP contribution >= 0.6 is 0 Å². The Morgan fingerprint density at radius 2 is 2.31 bits per heavy atom. The summed E-state index contributed by atoms with van der Waals surface area (Å²) in [5, 5.41) is 3.50. The summed E-state index contributed by atoms with van der Waals surface area (Å²) in [4.78, 5) is 4.97. The fraction of sp³-hybridized carbons (Fsp3) is 0.538. The molecule has 2 heterocycles. The molecule has 0 saturated heterocycles. The zero-order valence-electron chi connectivity index (χ0n) is 10.0. The van der Waals surface area contributed by atoms with Gasteiger partial charge in [-0.15, -0.1) is 0 Å². The second kappa shape index (κ2) is 3.58. The molecule has 2 aliphatic rings. The Morgan fingerprint density at radius 1 is 1.44 bits per heavy atom. The van der Waals surface area contributed by atoms with Crippen LogP contribution in [-0.2, 0) is 0 Å². The van der Waals surface area contributed by atoms with Crippen LogP contribution in [-0.4, -0.2) is 32.7 Å². The molecular weight excluding hydrogens is 198 g/mol. The van der Waals surface area contributed by atoms with Crippen molar-refractivity contribution < 1.29 is 0 Å². The first-order valence-corrected chi connectivity index (χ1v) is 6.16. The monoisotopic (exact) mass is 217 g/mol. The number of nitrogens with one attached hydrogen (secondary N) is 1. The van der Waals surface area contributed by atoms with Gasteiger partial charge in [0, 0.05) is 32.7 Å². The third-order valence-electron chi connectivity index (χ3n) is 3.78. The number of hydrogen-bond donors (Lipinski definition) is 1. The maximum Gasteiger partial charge on any atom is 0.0843 e. The van der Waals surface area contributed by atoms with Gasteiger partial charge in [0.2, 0.25) is 0 Å². The standard InChI is InChI=1S/C13H19N3/c1-3-10-9-15(2)12-6-4-5-11-13(12)16(10)8-7-14-11/h4-6,10,14H,3,7-9H2,1-2H3. The van der Waals surface area contributed by atoms with Crippen molar-refractivity contribution in [2.75, 3.05) is 41.8 Å². The maximum absolute atomic E-state index is 3.50. The van der Waals surface area contributed by atoms with Gasteiger partial charge in [0.05, 0.1) is 17.1 Å². The molecule has 0 bridgehead atoms. The predicted octanol–water partition coefficient (Wildman–Crippen LogP) is 2.15. The summed E-state index contributed by atoms with van der Waals surface area (Å²) >= 11 is 0. The number of anilines is 3. The average Bonchev–Trinajstić information content (AvgIpc) is 2.33. The molecule has 0 spiro atoms. The summed E-state index contributed by atoms with van der Waals surface area (Å²) in [6, 6.07) is 7.23. The smallest absolute Gasteiger partial charge is 0.0843 e. The fourth-order valence-corrected chi connectivity index (χ4v) is 2.93. The van der Waals surface area contributed by atoms with Gasteiger partial charge in [-0.3, -0.25) is 0 Å². The van der Waals surface area contributed by atoms with E-state index in [2.05, 4.69) is 47.3 Å². The minimum atomic E-state index is 0.667. The summed E-state index contributed by atoms with van der Waals surface area (Å²) < 4.78 is 0. The van der Waals surface area contributed by atoms with Crippen LogP contribution in [0.15, 0.2) is 18.2 Å². The highest BCUT2D eigenvalue weighted by Gasteiger charge is 2.31. The summed E-state index contributed by atoms with van der Waals surface area (Å²) in [5.41, 5.74) is 4.08. The van der Waals surface area contributed by atoms with E-state index in [0.717, 1.165) is 19.6 Å². The van der Waals surface area contributed by atoms with Crippen molar-refractivity contribution in [3.8, 4) is 0 Å². The van der Waals surface area contributed by atoms with Crippen LogP contribution in [0.4, 0.5) is 17.1 Å². The van der Waals surface area contributed by atoms with Crippen molar-refractivity contribution >= 4 is 17.1 Å². The molecule has 1 aromatic carbocycles. The molecule has 3 nitrogen and oxygen atoms in total. The number of benzene rings is 1. The average molecular weight is 217 g/mol. The molecule has 1 atom stereocenters. The minimum Gasteiger partial charge on any atom is -0.382 e. The number of rotatable bonds is 1. The van der Waals surface area contributed by atoms with E-state index in [0.29, 0.717) is 6.04 Å². The van der Waals surface area contributed by atoms with E-state index in [1.165, 1.54) is 23.5 Å². The zero-order valence-corrected chi connectivity index (χ0v) is 10.0. The quantitative estimate of drug-likeness (QED) is 0.777. The third kappa shape index (κ3) is 1.27. The van der Waals surface area contributed by atoms with E-state index in [1.807, 2.05) is 0 Å². The molecule has 86 valence electrons. The van der Waals surface area contributed by atoms with E-state index in [4.69, 9.17) is 0 Å². The molecule has 0 aromatic heterocycles. The Labute approximate surface area is 97.0 Å². The van der Waals surface area contributed by atoms with Crippen molar-refractivity contribution in [2.24, 2.45) is 0 Å². The summed E-state index contributed by atoms with van der Waals surface area (Å²) in [6.45, 7) is 5.63. The lowest BCUT2D eigenvalue weighted by Crippen LogP contribution is -2.51. The van der Waals surface area contributed by atoms with E-state index in [9.17, 15) is 0 Å². The lowest BCUT2D eigenvalue weighted by molar-refractivity contribution is 0.551. The third-order valence-corrected chi connectivity index (χ3v) is 3.78. The van der Waals surface area contributed by atoms with Gasteiger partial charge in [0.25, 0.3) is 0 Å². The number of para-hydroxylation sites is 1. The molecule has 1 aromatic rings. The van der Waals surface area contributed by atoms with Crippen LogP contribution in [0.25, 0.3) is 0 Å². The van der Waals surface area contributed by atoms with Gasteiger partial charge in [-0.05, 0) is 18.6 Å². The fourth-order valence-electron chi connectivity index (χ4n) is 2.93. The van der Waals surface area contributed by atoms with Crippen LogP contribution in [0.1, 0.15) is 13.3 Å². The predicted molar refractivity (Wildman–Crippen MR) is 69.6 cm³/mol. The molecule has 0 saturated carbocycles. The lowest BCUT2D eigenvalue weighted by Gasteiger charge is -2.46. The zero-order chi connectivity index (χ0) is 11.1. The largest absolute Gasteiger partial charge is 0.382 e. The topological polar surface area (TPSA) is 18.5 Å². The maximum atomic E-state index is 3.50. The van der Waals surface area contributed by atoms with Gasteiger partial charge in [0.15, 0.2) is 0 Å². The first-order chi connectivity index (χ1) is 7.81. The van der Waals surface area contributed by atoms with E-state index < -0.39 is 0 Å². The molecular formula is C13H19N3. The van der Waals surface area contributed by atoms with Crippen LogP contribution in [0.5, 0.6) is 0 Å². The Kier molecular flexibility index (Phi) is 2.20. The minimum absolute atomic E-state index is 0.667. The van der Waals surface area contributed by atoms with Crippen LogP contribution in [0.2, 0.25) is 0 Å². The van der Waals surface area contributed by atoms with Crippen LogP contribution in [0, 0.1) is 0 Å². The lowest BCUT2D eigenvalue weighted by atomic mass is 10.0. The van der Waals surface area contributed by atoms with Crippen LogP contribution in [0.3, 0.4) is 0 Å². The molecule has 16 heavy (non-hydrogen) atoms. The number of likely N-dealkylation sites (N-methyl/N-ethyl adjacent to an activating group) is 1. The molecule has 1 N–H and O–H groups in total. The normalized spacial score (nSPS) is 22.8. The number of nitrogens with zero attached hydrogens (tertiary/aromatic N) is 2. The number of hydrogen-bond acceptors (Lipinski definition) is 3. The van der Waals surface area contributed by atoms with Crippen molar-refractivity contribution in [3.05, 3.63) is 18.2 Å². The summed E-state index contributed by atoms with van der Waals surface area (Å²) in [7, 11) is 2.20. The highest BCUT2D eigenvalue weighted by Crippen LogP contribution is 2.42. The SMILES string of the molecule is CCC1CN(C)c2cccc3c2N1CCN3. The van der Waals surface area contributed by atoms with Gasteiger partial charge in [0.1, 0.15) is 0 Å². The molecule has 0 aliphatic carbocycles. The molecule has 0 radical (unpaired) electrons. The molecule has 3 rings (SSSR count). The van der Waals surface area contributed by atoms with Gasteiger partial charge >= 0.3 is 0 Å². The highest BCUT2D eigenvalue weighted by atomic mass is 15.3. The Morgan fingerprint density at radius 3 is 3.12 bits per heavy atom. The van der Waals surface area contributed by atoms with Crippen molar-refractivity contribution in [1.29, 1.82) is 0 Å². The van der Waals surface area contributed by atoms with E-state index in [1.54, 1.807) is 0 Å². The molecule has 0 amide bonds. The summed E-state index contributed by atoms with van der Waals surface area (Å²) in [6.07, 6.45) is 1.22. The second-order valence-corrected chi connectivity index (χ2v) is 4.74. The second-order valence-electron chi connectivity index (χ2n) is 4.74. The van der Waals surface area contributed by atoms with Gasteiger partial charge in [-0.2, -0.15) is 0 Å². The Hall–Kier alpha value is -1.38. The molecule has 2 aliphatic heterocycles. The Balaban J connectivity index is 2.13. The van der Waals surface area contributed by atoms with Crippen molar-refractivity contribution in [1.82, 2.24) is 0 Å². The van der Waals surface area contributed by atoms with Crippen molar-refractivity contribution in [3.63, 3.8) is 0 Å². The van der Waals surface area contributed by atoms with E-state index >= 15 is 0 Å².